The van der Waals surface area contributed by atoms with Crippen LogP contribution in [0.5, 0.6) is 5.75 Å². The Hall–Kier alpha value is -3.56. The van der Waals surface area contributed by atoms with Gasteiger partial charge in [-0.3, -0.25) is 9.78 Å². The Morgan fingerprint density at radius 1 is 0.978 bits per heavy atom. The lowest BCUT2D eigenvalue weighted by Gasteiger charge is -2.65. The molecule has 1 aromatic heterocycles. The molecule has 5 fully saturated rings. The number of nitrogens with zero attached hydrogens (tertiary/aromatic N) is 2. The summed E-state index contributed by atoms with van der Waals surface area (Å²) in [4.78, 5) is 20.3. The third-order valence-corrected chi connectivity index (χ3v) is 10.8. The number of hydrogen-bond donors (Lipinski definition) is 0. The molecule has 2 aromatic carbocycles. The minimum Gasteiger partial charge on any atom is -0.435 e. The second-order valence-corrected chi connectivity index (χ2v) is 13.7. The van der Waals surface area contributed by atoms with Crippen LogP contribution in [0.3, 0.4) is 0 Å². The quantitative estimate of drug-likeness (QED) is 0.234. The van der Waals surface area contributed by atoms with Gasteiger partial charge in [0.15, 0.2) is 0 Å². The smallest absolute Gasteiger partial charge is 0.417 e. The highest BCUT2D eigenvalue weighted by atomic mass is 19.4. The van der Waals surface area contributed by atoms with Crippen LogP contribution in [-0.2, 0) is 16.4 Å². The largest absolute Gasteiger partial charge is 0.435 e. The van der Waals surface area contributed by atoms with Gasteiger partial charge in [-0.2, -0.15) is 22.0 Å². The highest BCUT2D eigenvalue weighted by Crippen LogP contribution is 2.70. The van der Waals surface area contributed by atoms with Gasteiger partial charge >= 0.3 is 12.8 Å². The summed E-state index contributed by atoms with van der Waals surface area (Å²) in [5.41, 5.74) is 0.0853. The zero-order valence-electron chi connectivity index (χ0n) is 24.6. The van der Waals surface area contributed by atoms with Gasteiger partial charge in [0.05, 0.1) is 11.0 Å². The third-order valence-electron chi connectivity index (χ3n) is 10.8. The molecule has 0 aliphatic heterocycles. The molecule has 5 saturated carbocycles. The minimum atomic E-state index is -4.43. The zero-order chi connectivity index (χ0) is 31.6. The molecular weight excluding hydrogens is 594 g/mol. The number of anilines is 1. The SMILES string of the molecule is O=C(N(CC1CCC2(c3ccc(C(F)(F)F)cn3)CCCC1C2)c1cccc(-c2ccc(OC(F)F)cc2)c1)C12CC(F)(C1)C2. The number of rotatable bonds is 8. The minimum absolute atomic E-state index is 0.0535. The van der Waals surface area contributed by atoms with Crippen LogP contribution in [0.15, 0.2) is 66.9 Å². The zero-order valence-corrected chi connectivity index (χ0v) is 24.6. The van der Waals surface area contributed by atoms with Gasteiger partial charge in [0.1, 0.15) is 11.4 Å². The lowest BCUT2D eigenvalue weighted by molar-refractivity contribution is -0.211. The van der Waals surface area contributed by atoms with E-state index >= 15 is 0 Å². The van der Waals surface area contributed by atoms with Crippen LogP contribution < -0.4 is 9.64 Å². The van der Waals surface area contributed by atoms with Gasteiger partial charge in [-0.15, -0.1) is 0 Å². The number of halogens is 6. The molecule has 8 rings (SSSR count). The Labute approximate surface area is 257 Å². The van der Waals surface area contributed by atoms with Crippen LogP contribution in [0.1, 0.15) is 69.0 Å². The first-order valence-corrected chi connectivity index (χ1v) is 15.6. The number of aromatic nitrogens is 1. The first kappa shape index (κ1) is 30.1. The van der Waals surface area contributed by atoms with E-state index in [4.69, 9.17) is 0 Å². The highest BCUT2D eigenvalue weighted by molar-refractivity contribution is 6.00. The van der Waals surface area contributed by atoms with Crippen molar-refractivity contribution in [3.63, 3.8) is 0 Å². The van der Waals surface area contributed by atoms with Crippen molar-refractivity contribution < 1.29 is 35.9 Å². The van der Waals surface area contributed by atoms with Gasteiger partial charge in [0.25, 0.3) is 0 Å². The summed E-state index contributed by atoms with van der Waals surface area (Å²) < 4.78 is 83.8. The van der Waals surface area contributed by atoms with E-state index in [1.807, 2.05) is 29.2 Å². The van der Waals surface area contributed by atoms with Crippen molar-refractivity contribution >= 4 is 11.6 Å². The van der Waals surface area contributed by atoms with Crippen molar-refractivity contribution in [1.29, 1.82) is 0 Å². The Bertz CT molecular complexity index is 1550. The van der Waals surface area contributed by atoms with E-state index in [0.29, 0.717) is 17.9 Å². The molecule has 0 N–H and O–H groups in total. The number of amides is 1. The molecule has 0 saturated heterocycles. The van der Waals surface area contributed by atoms with Crippen LogP contribution in [-0.4, -0.2) is 29.7 Å². The Kier molecular flexibility index (Phi) is 7.20. The summed E-state index contributed by atoms with van der Waals surface area (Å²) in [5, 5.41) is 0. The summed E-state index contributed by atoms with van der Waals surface area (Å²) in [6.45, 7) is -2.44. The number of pyridine rings is 1. The standard InChI is InChI=1S/C35H34F6N2O2/c36-31(37)45-28-9-6-22(7-10-28)23-3-1-5-27(15-23)43(30(44)33-19-34(38,20-33)21-33)18-25-12-14-32(13-2-4-24(25)16-32)29-11-8-26(17-42-29)35(39,40)41/h1,3,5-11,15,17,24-25,31H,2,4,12-14,16,18-21H2. The Morgan fingerprint density at radius 2 is 1.73 bits per heavy atom. The average molecular weight is 629 g/mol. The normalized spacial score (nSPS) is 30.3. The van der Waals surface area contributed by atoms with Gasteiger partial charge in [-0.25, -0.2) is 4.39 Å². The van der Waals surface area contributed by atoms with Gasteiger partial charge in [-0.05, 0) is 104 Å². The van der Waals surface area contributed by atoms with Gasteiger partial charge < -0.3 is 9.64 Å². The third kappa shape index (κ3) is 5.48. The van der Waals surface area contributed by atoms with E-state index < -0.39 is 29.4 Å². The van der Waals surface area contributed by atoms with Crippen LogP contribution in [0.2, 0.25) is 0 Å². The summed E-state index contributed by atoms with van der Waals surface area (Å²) in [6.07, 6.45) is 2.43. The van der Waals surface area contributed by atoms with Gasteiger partial charge in [0.2, 0.25) is 5.91 Å². The lowest BCUT2D eigenvalue weighted by Crippen LogP contribution is -2.70. The first-order chi connectivity index (χ1) is 21.4. The number of ether oxygens (including phenoxy) is 1. The lowest BCUT2D eigenvalue weighted by atomic mass is 9.42. The van der Waals surface area contributed by atoms with Crippen LogP contribution in [0.4, 0.5) is 32.0 Å². The second-order valence-electron chi connectivity index (χ2n) is 13.7. The molecule has 3 aromatic rings. The van der Waals surface area contributed by atoms with E-state index in [0.717, 1.165) is 61.9 Å². The fourth-order valence-corrected chi connectivity index (χ4v) is 8.61. The number of fused-ring (bicyclic) bond motifs is 2. The molecular formula is C35H34F6N2O2. The maximum atomic E-state index is 14.6. The van der Waals surface area contributed by atoms with Crippen molar-refractivity contribution in [3.05, 3.63) is 78.1 Å². The maximum Gasteiger partial charge on any atom is 0.417 e. The average Bonchev–Trinajstić information content (AvgIpc) is 2.98. The van der Waals surface area contributed by atoms with E-state index in [1.165, 1.54) is 18.2 Å². The molecule has 4 bridgehead atoms. The molecule has 0 spiro atoms. The highest BCUT2D eigenvalue weighted by Gasteiger charge is 2.73. The first-order valence-electron chi connectivity index (χ1n) is 15.6. The van der Waals surface area contributed by atoms with Crippen molar-refractivity contribution in [1.82, 2.24) is 4.98 Å². The maximum absolute atomic E-state index is 14.6. The van der Waals surface area contributed by atoms with E-state index in [1.54, 1.807) is 12.1 Å². The Morgan fingerprint density at radius 3 is 2.38 bits per heavy atom. The molecule has 3 unspecified atom stereocenters. The van der Waals surface area contributed by atoms with E-state index in [-0.39, 0.29) is 48.2 Å². The van der Waals surface area contributed by atoms with Crippen molar-refractivity contribution in [2.24, 2.45) is 17.3 Å². The topological polar surface area (TPSA) is 42.4 Å². The number of hydrogen-bond acceptors (Lipinski definition) is 3. The van der Waals surface area contributed by atoms with Crippen LogP contribution in [0, 0.1) is 17.3 Å². The molecule has 0 radical (unpaired) electrons. The van der Waals surface area contributed by atoms with Crippen molar-refractivity contribution in [2.45, 2.75) is 81.7 Å². The fourth-order valence-electron chi connectivity index (χ4n) is 8.61. The number of carbonyl (C=O) groups is 1. The summed E-state index contributed by atoms with van der Waals surface area (Å²) >= 11 is 0. The summed E-state index contributed by atoms with van der Waals surface area (Å²) in [6, 6.07) is 16.5. The van der Waals surface area contributed by atoms with E-state index in [9.17, 15) is 31.1 Å². The summed E-state index contributed by atoms with van der Waals surface area (Å²) in [7, 11) is 0. The number of carbonyl (C=O) groups excluding carboxylic acids is 1. The molecule has 1 amide bonds. The van der Waals surface area contributed by atoms with Crippen LogP contribution >= 0.6 is 0 Å². The number of benzene rings is 2. The summed E-state index contributed by atoms with van der Waals surface area (Å²) in [5.74, 6) is 0.450. The molecule has 1 heterocycles. The van der Waals surface area contributed by atoms with Gasteiger partial charge in [0, 0.05) is 29.5 Å². The molecule has 45 heavy (non-hydrogen) atoms. The molecule has 3 atom stereocenters. The van der Waals surface area contributed by atoms with Crippen molar-refractivity contribution in [2.75, 3.05) is 11.4 Å². The van der Waals surface area contributed by atoms with Crippen molar-refractivity contribution in [3.8, 4) is 16.9 Å². The Balaban J connectivity index is 1.14. The molecule has 5 aliphatic rings. The molecule has 4 nitrogen and oxygen atoms in total. The fraction of sp³-hybridized carbons (Fsp3) is 0.486. The molecule has 5 aliphatic carbocycles. The predicted molar refractivity (Wildman–Crippen MR) is 157 cm³/mol. The van der Waals surface area contributed by atoms with Gasteiger partial charge in [-0.1, -0.05) is 37.1 Å². The van der Waals surface area contributed by atoms with Crippen LogP contribution in [0.25, 0.3) is 11.1 Å². The molecule has 238 valence electrons. The predicted octanol–water partition coefficient (Wildman–Crippen LogP) is 9.13. The second kappa shape index (κ2) is 10.8. The van der Waals surface area contributed by atoms with E-state index in [2.05, 4.69) is 9.72 Å². The number of alkyl halides is 6. The molecule has 10 heteroatoms. The monoisotopic (exact) mass is 628 g/mol.